The zero-order chi connectivity index (χ0) is 22.0. The van der Waals surface area contributed by atoms with E-state index in [4.69, 9.17) is 11.6 Å². The molecule has 2 aromatic carbocycles. The van der Waals surface area contributed by atoms with E-state index >= 15 is 0 Å². The summed E-state index contributed by atoms with van der Waals surface area (Å²) < 4.78 is 42.2. The van der Waals surface area contributed by atoms with Crippen LogP contribution < -0.4 is 10.6 Å². The summed E-state index contributed by atoms with van der Waals surface area (Å²) in [4.78, 5) is 4.58. The maximum absolute atomic E-state index is 14.5. The van der Waals surface area contributed by atoms with Crippen LogP contribution in [0.2, 0.25) is 5.02 Å². The molecule has 2 aliphatic heterocycles. The third-order valence-corrected chi connectivity index (χ3v) is 5.96. The van der Waals surface area contributed by atoms with Crippen molar-refractivity contribution >= 4 is 28.8 Å². The fraction of sp³-hybridized carbons (Fsp3) is 0.364. The molecule has 1 fully saturated rings. The fourth-order valence-electron chi connectivity index (χ4n) is 4.03. The number of anilines is 1. The van der Waals surface area contributed by atoms with Gasteiger partial charge in [0, 0.05) is 24.9 Å². The Hall–Kier alpha value is -2.58. The van der Waals surface area contributed by atoms with Crippen molar-refractivity contribution in [3.8, 4) is 0 Å². The summed E-state index contributed by atoms with van der Waals surface area (Å²) in [6.45, 7) is 2.49. The van der Waals surface area contributed by atoms with Crippen molar-refractivity contribution in [3.05, 3.63) is 63.4 Å². The lowest BCUT2D eigenvalue weighted by atomic mass is 9.95. The van der Waals surface area contributed by atoms with Crippen LogP contribution in [0.15, 0.2) is 34.4 Å². The zero-order valence-corrected chi connectivity index (χ0v) is 17.4. The highest BCUT2D eigenvalue weighted by atomic mass is 35.5. The van der Waals surface area contributed by atoms with E-state index in [1.807, 2.05) is 0 Å². The van der Waals surface area contributed by atoms with Gasteiger partial charge >= 0.3 is 0 Å². The van der Waals surface area contributed by atoms with Crippen molar-refractivity contribution in [1.29, 1.82) is 0 Å². The Labute approximate surface area is 183 Å². The monoisotopic (exact) mass is 450 g/mol. The smallest absolute Gasteiger partial charge is 0.182 e. The summed E-state index contributed by atoms with van der Waals surface area (Å²) in [5, 5.41) is 19.1. The zero-order valence-electron chi connectivity index (χ0n) is 16.7. The van der Waals surface area contributed by atoms with Gasteiger partial charge in [0.2, 0.25) is 0 Å². The van der Waals surface area contributed by atoms with Crippen molar-refractivity contribution in [1.82, 2.24) is 5.32 Å². The number of hydrogen-bond donors (Lipinski definition) is 3. The molecular weight excluding hydrogens is 429 g/mol. The lowest BCUT2D eigenvalue weighted by molar-refractivity contribution is 0.318. The van der Waals surface area contributed by atoms with Gasteiger partial charge in [-0.15, -0.1) is 0 Å². The van der Waals surface area contributed by atoms with Crippen LogP contribution in [0.4, 0.5) is 18.9 Å². The Kier molecular flexibility index (Phi) is 6.48. The van der Waals surface area contributed by atoms with Gasteiger partial charge in [0.05, 0.1) is 16.4 Å². The van der Waals surface area contributed by atoms with Gasteiger partial charge in [-0.2, -0.15) is 0 Å². The number of halogens is 4. The van der Waals surface area contributed by atoms with E-state index in [1.54, 1.807) is 0 Å². The van der Waals surface area contributed by atoms with Gasteiger partial charge in [0.1, 0.15) is 11.7 Å². The molecule has 0 aliphatic carbocycles. The van der Waals surface area contributed by atoms with Crippen LogP contribution in [0.3, 0.4) is 0 Å². The molecule has 0 spiro atoms. The first kappa shape index (κ1) is 21.6. The van der Waals surface area contributed by atoms with Gasteiger partial charge in [-0.1, -0.05) is 22.8 Å². The van der Waals surface area contributed by atoms with Crippen molar-refractivity contribution in [3.63, 3.8) is 0 Å². The summed E-state index contributed by atoms with van der Waals surface area (Å²) in [6.07, 6.45) is 2.50. The molecule has 4 rings (SSSR count). The van der Waals surface area contributed by atoms with Gasteiger partial charge in [-0.05, 0) is 61.2 Å². The molecule has 164 valence electrons. The minimum absolute atomic E-state index is 0.00816. The maximum Gasteiger partial charge on any atom is 0.182 e. The number of amidine groups is 1. The second-order valence-electron chi connectivity index (χ2n) is 7.85. The van der Waals surface area contributed by atoms with E-state index in [-0.39, 0.29) is 34.8 Å². The molecule has 0 bridgehead atoms. The van der Waals surface area contributed by atoms with Crippen LogP contribution in [0.5, 0.6) is 0 Å². The van der Waals surface area contributed by atoms with Gasteiger partial charge < -0.3 is 15.8 Å². The molecule has 9 heteroatoms. The summed E-state index contributed by atoms with van der Waals surface area (Å²) in [6, 6.07) is 5.13. The normalized spacial score (nSPS) is 20.1. The molecule has 1 saturated heterocycles. The molecule has 2 aromatic rings. The van der Waals surface area contributed by atoms with E-state index in [2.05, 4.69) is 20.8 Å². The minimum atomic E-state index is -1.06. The second-order valence-corrected chi connectivity index (χ2v) is 8.25. The van der Waals surface area contributed by atoms with E-state index in [1.165, 1.54) is 18.2 Å². The highest BCUT2D eigenvalue weighted by molar-refractivity contribution is 6.30. The molecule has 5 nitrogen and oxygen atoms in total. The van der Waals surface area contributed by atoms with Crippen LogP contribution in [0.1, 0.15) is 29.5 Å². The van der Waals surface area contributed by atoms with Gasteiger partial charge in [-0.25, -0.2) is 13.2 Å². The van der Waals surface area contributed by atoms with Crippen molar-refractivity contribution in [2.75, 3.05) is 25.0 Å². The number of oxime groups is 1. The predicted molar refractivity (Wildman–Crippen MR) is 115 cm³/mol. The van der Waals surface area contributed by atoms with Gasteiger partial charge in [0.15, 0.2) is 11.6 Å². The predicted octanol–water partition coefficient (Wildman–Crippen LogP) is 4.54. The summed E-state index contributed by atoms with van der Waals surface area (Å²) in [5.74, 6) is -1.67. The largest absolute Gasteiger partial charge is 0.411 e. The first-order chi connectivity index (χ1) is 15.0. The average molecular weight is 451 g/mol. The Balaban J connectivity index is 1.60. The highest BCUT2D eigenvalue weighted by Gasteiger charge is 2.28. The molecule has 1 unspecified atom stereocenters. The maximum atomic E-state index is 14.5. The van der Waals surface area contributed by atoms with Crippen LogP contribution >= 0.6 is 11.6 Å². The van der Waals surface area contributed by atoms with Crippen molar-refractivity contribution in [2.24, 2.45) is 16.1 Å². The second kappa shape index (κ2) is 9.28. The minimum Gasteiger partial charge on any atom is -0.411 e. The van der Waals surface area contributed by atoms with Gasteiger partial charge in [-0.3, -0.25) is 4.99 Å². The number of nitrogens with one attached hydrogen (secondary N) is 2. The topological polar surface area (TPSA) is 69.0 Å². The highest BCUT2D eigenvalue weighted by Crippen LogP contribution is 2.33. The number of nitrogens with zero attached hydrogens (tertiary/aromatic N) is 2. The molecule has 2 heterocycles. The molecule has 31 heavy (non-hydrogen) atoms. The summed E-state index contributed by atoms with van der Waals surface area (Å²) in [7, 11) is 0. The number of rotatable bonds is 5. The molecule has 0 saturated carbocycles. The quantitative estimate of drug-likeness (QED) is 0.356. The van der Waals surface area contributed by atoms with E-state index < -0.39 is 17.5 Å². The SMILES string of the molecule is O/N=C(\Cc1ccc(F)c(Cl)c1)c1cc(F)c(F)c2c1CC(=NCC1CCCNC1)N2. The number of piperidine rings is 1. The third-order valence-electron chi connectivity index (χ3n) is 5.67. The fourth-order valence-corrected chi connectivity index (χ4v) is 4.24. The third kappa shape index (κ3) is 4.70. The molecule has 1 atom stereocenters. The van der Waals surface area contributed by atoms with Crippen molar-refractivity contribution in [2.45, 2.75) is 25.7 Å². The summed E-state index contributed by atoms with van der Waals surface area (Å²) in [5.41, 5.74) is 1.45. The Morgan fingerprint density at radius 2 is 2.03 bits per heavy atom. The van der Waals surface area contributed by atoms with Crippen molar-refractivity contribution < 1.29 is 18.4 Å². The Bertz CT molecular complexity index is 1050. The van der Waals surface area contributed by atoms with Crippen LogP contribution in [-0.2, 0) is 12.8 Å². The standard InChI is InChI=1S/C22H22ClF3N4O/c23-16-6-12(3-4-17(16)24)7-19(30-31)14-8-18(25)21(26)22-15(14)9-20(29-22)28-11-13-2-1-5-27-10-13/h3-4,6,8,13,27,31H,1-2,5,7,9-11H2,(H,28,29)/b30-19+. The van der Waals surface area contributed by atoms with Gasteiger partial charge in [0.25, 0.3) is 0 Å². The molecular formula is C22H22ClF3N4O. The number of benzene rings is 2. The van der Waals surface area contributed by atoms with E-state index in [0.29, 0.717) is 29.4 Å². The van der Waals surface area contributed by atoms with Crippen LogP contribution in [-0.4, -0.2) is 36.4 Å². The molecule has 0 aromatic heterocycles. The molecule has 2 aliphatic rings. The first-order valence-corrected chi connectivity index (χ1v) is 10.5. The number of hydrogen-bond acceptors (Lipinski definition) is 4. The molecule has 0 amide bonds. The first-order valence-electron chi connectivity index (χ1n) is 10.1. The number of fused-ring (bicyclic) bond motifs is 1. The van der Waals surface area contributed by atoms with E-state index in [0.717, 1.165) is 32.0 Å². The molecule has 0 radical (unpaired) electrons. The van der Waals surface area contributed by atoms with E-state index in [9.17, 15) is 18.4 Å². The average Bonchev–Trinajstić information content (AvgIpc) is 3.21. The molecule has 3 N–H and O–H groups in total. The Morgan fingerprint density at radius 3 is 2.74 bits per heavy atom. The number of aliphatic imine (C=N–C) groups is 1. The lowest BCUT2D eigenvalue weighted by Crippen LogP contribution is -2.31. The van der Waals surface area contributed by atoms with Crippen LogP contribution in [0.25, 0.3) is 0 Å². The lowest BCUT2D eigenvalue weighted by Gasteiger charge is -2.20. The van der Waals surface area contributed by atoms with Crippen LogP contribution in [0, 0.1) is 23.4 Å². The summed E-state index contributed by atoms with van der Waals surface area (Å²) >= 11 is 5.83. The Morgan fingerprint density at radius 1 is 1.19 bits per heavy atom.